The molecule has 1 saturated carbocycles. The second-order valence-corrected chi connectivity index (χ2v) is 5.23. The monoisotopic (exact) mass is 302 g/mol. The molecular weight excluding hydrogens is 287 g/mol. The zero-order chi connectivity index (χ0) is 13.8. The fourth-order valence-electron chi connectivity index (χ4n) is 1.59. The third-order valence-electron chi connectivity index (χ3n) is 2.75. The first kappa shape index (κ1) is 14.2. The van der Waals surface area contributed by atoms with Gasteiger partial charge in [0.25, 0.3) is 0 Å². The minimum absolute atomic E-state index is 0.0499. The number of hydrogen-bond acceptors (Lipinski definition) is 4. The van der Waals surface area contributed by atoms with Gasteiger partial charge in [0.05, 0.1) is 10.0 Å². The largest absolute Gasteiger partial charge is 0.372 e. The highest BCUT2D eigenvalue weighted by molar-refractivity contribution is 6.37. The number of rotatable bonds is 6. The normalized spacial score (nSPS) is 14.1. The Morgan fingerprint density at radius 2 is 2.05 bits per heavy atom. The van der Waals surface area contributed by atoms with Crippen LogP contribution in [0.2, 0.25) is 10.0 Å². The molecule has 0 atom stereocenters. The number of nitrogens with zero attached hydrogens (tertiary/aromatic N) is 1. The Bertz CT molecular complexity index is 477. The number of carbonyl (C=O) groups is 1. The number of amides is 1. The average molecular weight is 303 g/mol. The number of nitrogens with one attached hydrogen (secondary N) is 3. The van der Waals surface area contributed by atoms with Crippen molar-refractivity contribution in [3.8, 4) is 0 Å². The van der Waals surface area contributed by atoms with Crippen LogP contribution in [0.1, 0.15) is 19.3 Å². The van der Waals surface area contributed by atoms with Gasteiger partial charge in [0.2, 0.25) is 5.91 Å². The van der Waals surface area contributed by atoms with Gasteiger partial charge in [0.1, 0.15) is 11.6 Å². The lowest BCUT2D eigenvalue weighted by Gasteiger charge is -2.10. The Morgan fingerprint density at radius 3 is 2.68 bits per heavy atom. The molecule has 104 valence electrons. The molecule has 3 N–H and O–H groups in total. The molecule has 1 amide bonds. The third-order valence-corrected chi connectivity index (χ3v) is 3.33. The summed E-state index contributed by atoms with van der Waals surface area (Å²) in [7, 11) is 1.73. The molecular formula is C12H16Cl2N4O. The Hall–Kier alpha value is -1.20. The van der Waals surface area contributed by atoms with Crippen LogP contribution in [0.3, 0.4) is 0 Å². The summed E-state index contributed by atoms with van der Waals surface area (Å²) in [6.45, 7) is 0.482. The molecule has 0 radical (unpaired) electrons. The van der Waals surface area contributed by atoms with Gasteiger partial charge in [-0.3, -0.25) is 4.79 Å². The topological polar surface area (TPSA) is 66.0 Å². The zero-order valence-electron chi connectivity index (χ0n) is 10.6. The summed E-state index contributed by atoms with van der Waals surface area (Å²) in [4.78, 5) is 15.8. The predicted octanol–water partition coefficient (Wildman–Crippen LogP) is 2.51. The van der Waals surface area contributed by atoms with Crippen molar-refractivity contribution in [3.05, 3.63) is 16.1 Å². The van der Waals surface area contributed by atoms with E-state index in [2.05, 4.69) is 20.9 Å². The van der Waals surface area contributed by atoms with E-state index >= 15 is 0 Å². The van der Waals surface area contributed by atoms with E-state index in [1.54, 1.807) is 13.1 Å². The van der Waals surface area contributed by atoms with Crippen molar-refractivity contribution in [3.63, 3.8) is 0 Å². The first-order chi connectivity index (χ1) is 9.10. The summed E-state index contributed by atoms with van der Waals surface area (Å²) in [6, 6.07) is 2.01. The summed E-state index contributed by atoms with van der Waals surface area (Å²) >= 11 is 12.0. The number of halogens is 2. The molecule has 1 aromatic rings. The van der Waals surface area contributed by atoms with Crippen molar-refractivity contribution in [1.29, 1.82) is 0 Å². The lowest BCUT2D eigenvalue weighted by molar-refractivity contribution is -0.120. The van der Waals surface area contributed by atoms with Crippen molar-refractivity contribution in [1.82, 2.24) is 10.3 Å². The van der Waals surface area contributed by atoms with Crippen molar-refractivity contribution in [2.24, 2.45) is 0 Å². The van der Waals surface area contributed by atoms with Gasteiger partial charge in [-0.25, -0.2) is 4.98 Å². The highest BCUT2D eigenvalue weighted by Gasteiger charge is 2.22. The van der Waals surface area contributed by atoms with Crippen molar-refractivity contribution in [2.45, 2.75) is 25.3 Å². The summed E-state index contributed by atoms with van der Waals surface area (Å²) in [5.74, 6) is 1.12. The molecule has 0 saturated heterocycles. The molecule has 1 heterocycles. The molecule has 0 aliphatic heterocycles. The number of aromatic nitrogens is 1. The van der Waals surface area contributed by atoms with Crippen molar-refractivity contribution in [2.75, 3.05) is 24.2 Å². The van der Waals surface area contributed by atoms with Crippen LogP contribution in [0.4, 0.5) is 11.6 Å². The van der Waals surface area contributed by atoms with E-state index in [1.807, 2.05) is 0 Å². The Kier molecular flexibility index (Phi) is 4.71. The number of anilines is 2. The van der Waals surface area contributed by atoms with Crippen molar-refractivity contribution < 1.29 is 4.79 Å². The number of pyridine rings is 1. The second kappa shape index (κ2) is 6.30. The van der Waals surface area contributed by atoms with E-state index in [9.17, 15) is 4.79 Å². The SMILES string of the molecule is CNc1nc(NCCC(=O)NC2CC2)c(Cl)cc1Cl. The zero-order valence-corrected chi connectivity index (χ0v) is 12.1. The minimum Gasteiger partial charge on any atom is -0.372 e. The fraction of sp³-hybridized carbons (Fsp3) is 0.500. The lowest BCUT2D eigenvalue weighted by atomic mass is 10.3. The van der Waals surface area contributed by atoms with E-state index in [4.69, 9.17) is 23.2 Å². The maximum absolute atomic E-state index is 11.5. The quantitative estimate of drug-likeness (QED) is 0.755. The number of carbonyl (C=O) groups excluding carboxylic acids is 1. The molecule has 0 bridgehead atoms. The van der Waals surface area contributed by atoms with Crippen LogP contribution in [0, 0.1) is 0 Å². The van der Waals surface area contributed by atoms with Crippen LogP contribution in [0.25, 0.3) is 0 Å². The van der Waals surface area contributed by atoms with Crippen LogP contribution in [0.15, 0.2) is 6.07 Å². The molecule has 1 aliphatic carbocycles. The van der Waals surface area contributed by atoms with Crippen LogP contribution < -0.4 is 16.0 Å². The Labute approximate surface area is 122 Å². The summed E-state index contributed by atoms with van der Waals surface area (Å²) in [5, 5.41) is 9.73. The molecule has 0 aromatic carbocycles. The molecule has 0 spiro atoms. The molecule has 1 fully saturated rings. The molecule has 1 aromatic heterocycles. The average Bonchev–Trinajstić information content (AvgIpc) is 3.15. The second-order valence-electron chi connectivity index (χ2n) is 4.42. The maximum Gasteiger partial charge on any atom is 0.221 e. The van der Waals surface area contributed by atoms with Gasteiger partial charge < -0.3 is 16.0 Å². The molecule has 7 heteroatoms. The third kappa shape index (κ3) is 4.14. The molecule has 0 unspecified atom stereocenters. The smallest absolute Gasteiger partial charge is 0.221 e. The highest BCUT2D eigenvalue weighted by Crippen LogP contribution is 2.28. The lowest BCUT2D eigenvalue weighted by Crippen LogP contribution is -2.27. The van der Waals surface area contributed by atoms with E-state index in [0.29, 0.717) is 40.7 Å². The fourth-order valence-corrected chi connectivity index (χ4v) is 2.11. The van der Waals surface area contributed by atoms with E-state index in [-0.39, 0.29) is 5.91 Å². The van der Waals surface area contributed by atoms with Gasteiger partial charge in [-0.05, 0) is 18.9 Å². The van der Waals surface area contributed by atoms with Gasteiger partial charge >= 0.3 is 0 Å². The minimum atomic E-state index is 0.0499. The first-order valence-electron chi connectivity index (χ1n) is 6.17. The standard InChI is InChI=1S/C12H16Cl2N4O/c1-15-11-8(13)6-9(14)12(18-11)16-5-4-10(19)17-7-2-3-7/h6-7H,2-5H2,1H3,(H,17,19)(H2,15,16,18). The molecule has 5 nitrogen and oxygen atoms in total. The summed E-state index contributed by atoms with van der Waals surface area (Å²) in [5.41, 5.74) is 0. The van der Waals surface area contributed by atoms with Gasteiger partial charge in [-0.1, -0.05) is 23.2 Å². The maximum atomic E-state index is 11.5. The molecule has 19 heavy (non-hydrogen) atoms. The number of hydrogen-bond donors (Lipinski definition) is 3. The van der Waals surface area contributed by atoms with Gasteiger partial charge in [-0.15, -0.1) is 0 Å². The highest BCUT2D eigenvalue weighted by atomic mass is 35.5. The summed E-state index contributed by atoms with van der Waals surface area (Å²) in [6.07, 6.45) is 2.58. The van der Waals surface area contributed by atoms with Gasteiger partial charge in [0.15, 0.2) is 0 Å². The summed E-state index contributed by atoms with van der Waals surface area (Å²) < 4.78 is 0. The van der Waals surface area contributed by atoms with Gasteiger partial charge in [0, 0.05) is 26.1 Å². The molecule has 1 aliphatic rings. The van der Waals surface area contributed by atoms with E-state index in [1.165, 1.54) is 0 Å². The van der Waals surface area contributed by atoms with Crippen molar-refractivity contribution >= 4 is 40.7 Å². The Morgan fingerprint density at radius 1 is 1.37 bits per heavy atom. The van der Waals surface area contributed by atoms with Gasteiger partial charge in [-0.2, -0.15) is 0 Å². The van der Waals surface area contributed by atoms with Crippen LogP contribution in [0.5, 0.6) is 0 Å². The van der Waals surface area contributed by atoms with E-state index < -0.39 is 0 Å². The predicted molar refractivity (Wildman–Crippen MR) is 78.1 cm³/mol. The van der Waals surface area contributed by atoms with Crippen LogP contribution >= 0.6 is 23.2 Å². The van der Waals surface area contributed by atoms with Crippen LogP contribution in [-0.2, 0) is 4.79 Å². The van der Waals surface area contributed by atoms with E-state index in [0.717, 1.165) is 12.8 Å². The van der Waals surface area contributed by atoms with Crippen LogP contribution in [-0.4, -0.2) is 30.5 Å². The Balaban J connectivity index is 1.86. The first-order valence-corrected chi connectivity index (χ1v) is 6.92. The molecule has 2 rings (SSSR count).